The van der Waals surface area contributed by atoms with Crippen molar-refractivity contribution in [1.29, 1.82) is 0 Å². The van der Waals surface area contributed by atoms with Crippen molar-refractivity contribution in [2.24, 2.45) is 0 Å². The van der Waals surface area contributed by atoms with Crippen LogP contribution in [-0.4, -0.2) is 4.57 Å². The SMILES string of the molecule is Cc1ccc2c(c1)N(c1cccc(-c3ccccc3)c1)c1cc(C)ccc1N2c1ccc(-c2ccc3c(c2)c2ccccc2n3-c2ccccc2)cc1. The lowest BCUT2D eigenvalue weighted by molar-refractivity contribution is 1.16. The van der Waals surface area contributed by atoms with Gasteiger partial charge in [-0.15, -0.1) is 0 Å². The minimum atomic E-state index is 1.13. The van der Waals surface area contributed by atoms with Crippen LogP contribution in [0.3, 0.4) is 0 Å². The molecule has 9 aromatic rings. The van der Waals surface area contributed by atoms with Crippen molar-refractivity contribution in [2.45, 2.75) is 13.8 Å². The van der Waals surface area contributed by atoms with Crippen molar-refractivity contribution < 1.29 is 0 Å². The summed E-state index contributed by atoms with van der Waals surface area (Å²) in [6.45, 7) is 4.36. The fourth-order valence-electron chi connectivity index (χ4n) is 8.09. The third-order valence-corrected chi connectivity index (χ3v) is 10.6. The van der Waals surface area contributed by atoms with E-state index in [9.17, 15) is 0 Å². The van der Waals surface area contributed by atoms with E-state index in [2.05, 4.69) is 216 Å². The van der Waals surface area contributed by atoms with Gasteiger partial charge < -0.3 is 14.4 Å². The molecule has 53 heavy (non-hydrogen) atoms. The maximum absolute atomic E-state index is 2.43. The third kappa shape index (κ3) is 5.20. The van der Waals surface area contributed by atoms with Gasteiger partial charge in [0.05, 0.1) is 33.8 Å². The predicted octanol–water partition coefficient (Wildman–Crippen LogP) is 14.0. The van der Waals surface area contributed by atoms with Gasteiger partial charge in [0, 0.05) is 27.8 Å². The van der Waals surface area contributed by atoms with E-state index in [4.69, 9.17) is 0 Å². The fourth-order valence-corrected chi connectivity index (χ4v) is 8.09. The second-order valence-corrected chi connectivity index (χ2v) is 14.0. The fraction of sp³-hybridized carbons (Fsp3) is 0.0400. The van der Waals surface area contributed by atoms with Crippen LogP contribution in [-0.2, 0) is 0 Å². The lowest BCUT2D eigenvalue weighted by atomic mass is 9.99. The van der Waals surface area contributed by atoms with Gasteiger partial charge in [-0.25, -0.2) is 0 Å². The first-order valence-electron chi connectivity index (χ1n) is 18.3. The maximum Gasteiger partial charge on any atom is 0.0706 e. The Bertz CT molecular complexity index is 2740. The Balaban J connectivity index is 1.07. The molecule has 0 amide bonds. The Morgan fingerprint density at radius 3 is 1.55 bits per heavy atom. The minimum Gasteiger partial charge on any atom is -0.309 e. The maximum atomic E-state index is 2.43. The Morgan fingerprint density at radius 1 is 0.302 bits per heavy atom. The molecular formula is C50H37N3. The van der Waals surface area contributed by atoms with Crippen LogP contribution in [0.25, 0.3) is 49.7 Å². The molecule has 252 valence electrons. The molecule has 1 aliphatic rings. The van der Waals surface area contributed by atoms with E-state index in [1.54, 1.807) is 0 Å². The zero-order valence-electron chi connectivity index (χ0n) is 29.7. The Kier molecular flexibility index (Phi) is 7.26. The monoisotopic (exact) mass is 679 g/mol. The van der Waals surface area contributed by atoms with Crippen molar-refractivity contribution in [3.8, 4) is 27.9 Å². The van der Waals surface area contributed by atoms with Crippen molar-refractivity contribution in [1.82, 2.24) is 4.57 Å². The zero-order valence-corrected chi connectivity index (χ0v) is 29.7. The van der Waals surface area contributed by atoms with Crippen LogP contribution in [0, 0.1) is 13.8 Å². The summed E-state index contributed by atoms with van der Waals surface area (Å²) in [5, 5.41) is 2.52. The van der Waals surface area contributed by atoms with Gasteiger partial charge >= 0.3 is 0 Å². The number of anilines is 6. The summed E-state index contributed by atoms with van der Waals surface area (Å²) in [4.78, 5) is 4.85. The first kappa shape index (κ1) is 30.9. The van der Waals surface area contributed by atoms with Crippen molar-refractivity contribution in [3.63, 3.8) is 0 Å². The van der Waals surface area contributed by atoms with E-state index in [0.717, 1.165) is 34.1 Å². The summed E-state index contributed by atoms with van der Waals surface area (Å²) in [6, 6.07) is 68.5. The van der Waals surface area contributed by atoms with Gasteiger partial charge in [0.25, 0.3) is 0 Å². The lowest BCUT2D eigenvalue weighted by Crippen LogP contribution is -2.24. The zero-order chi connectivity index (χ0) is 35.5. The van der Waals surface area contributed by atoms with Crippen LogP contribution < -0.4 is 9.80 Å². The largest absolute Gasteiger partial charge is 0.309 e. The number of nitrogens with zero attached hydrogens (tertiary/aromatic N) is 3. The number of hydrogen-bond acceptors (Lipinski definition) is 2. The second kappa shape index (κ2) is 12.4. The van der Waals surface area contributed by atoms with Gasteiger partial charge in [-0.05, 0) is 126 Å². The number of hydrogen-bond donors (Lipinski definition) is 0. The standard InChI is InChI=1S/C50H37N3/c1-34-20-27-47-49(30-34)53(42-17-11-14-38(32-42)36-12-5-3-6-13-36)50-31-35(2)21-28-48(50)52(47)41-25-22-37(23-26-41)39-24-29-46-44(33-39)43-18-9-10-19-45(43)51(46)40-15-7-4-8-16-40/h3-33H,1-2H3. The summed E-state index contributed by atoms with van der Waals surface area (Å²) in [6.07, 6.45) is 0. The van der Waals surface area contributed by atoms with E-state index >= 15 is 0 Å². The molecule has 0 aliphatic carbocycles. The van der Waals surface area contributed by atoms with Crippen LogP contribution in [0.5, 0.6) is 0 Å². The van der Waals surface area contributed by atoms with Crippen molar-refractivity contribution >= 4 is 55.9 Å². The Hall–Kier alpha value is -6.84. The number of para-hydroxylation sites is 2. The molecule has 0 saturated heterocycles. The molecule has 0 saturated carbocycles. The summed E-state index contributed by atoms with van der Waals surface area (Å²) in [5.41, 5.74) is 17.8. The number of aryl methyl sites for hydroxylation is 2. The molecule has 10 rings (SSSR count). The van der Waals surface area contributed by atoms with Crippen LogP contribution in [0.15, 0.2) is 188 Å². The lowest BCUT2D eigenvalue weighted by Gasteiger charge is -2.41. The quantitative estimate of drug-likeness (QED) is 0.179. The number of fused-ring (bicyclic) bond motifs is 5. The van der Waals surface area contributed by atoms with Gasteiger partial charge in [-0.3, -0.25) is 0 Å². The van der Waals surface area contributed by atoms with E-state index in [0.29, 0.717) is 0 Å². The van der Waals surface area contributed by atoms with Gasteiger partial charge in [-0.2, -0.15) is 0 Å². The third-order valence-electron chi connectivity index (χ3n) is 10.6. The van der Waals surface area contributed by atoms with E-state index in [1.807, 2.05) is 0 Å². The molecule has 0 N–H and O–H groups in total. The highest BCUT2D eigenvalue weighted by molar-refractivity contribution is 6.10. The summed E-state index contributed by atoms with van der Waals surface area (Å²) >= 11 is 0. The first-order valence-corrected chi connectivity index (χ1v) is 18.3. The van der Waals surface area contributed by atoms with E-state index in [-0.39, 0.29) is 0 Å². The molecule has 8 aromatic carbocycles. The molecule has 3 nitrogen and oxygen atoms in total. The Morgan fingerprint density at radius 2 is 0.830 bits per heavy atom. The molecule has 0 fully saturated rings. The van der Waals surface area contributed by atoms with Gasteiger partial charge in [-0.1, -0.05) is 109 Å². The van der Waals surface area contributed by atoms with Crippen LogP contribution >= 0.6 is 0 Å². The average Bonchev–Trinajstić information content (AvgIpc) is 3.54. The predicted molar refractivity (Wildman–Crippen MR) is 224 cm³/mol. The molecule has 1 aliphatic heterocycles. The van der Waals surface area contributed by atoms with Crippen molar-refractivity contribution in [2.75, 3.05) is 9.80 Å². The molecule has 0 unspecified atom stereocenters. The van der Waals surface area contributed by atoms with Gasteiger partial charge in [0.1, 0.15) is 0 Å². The van der Waals surface area contributed by atoms with Gasteiger partial charge in [0.15, 0.2) is 0 Å². The second-order valence-electron chi connectivity index (χ2n) is 14.0. The Labute approximate surface area is 310 Å². The van der Waals surface area contributed by atoms with Crippen LogP contribution in [0.2, 0.25) is 0 Å². The molecule has 0 spiro atoms. The number of benzene rings is 8. The molecule has 1 aromatic heterocycles. The highest BCUT2D eigenvalue weighted by atomic mass is 15.3. The molecule has 2 heterocycles. The molecule has 0 radical (unpaired) electrons. The highest BCUT2D eigenvalue weighted by Crippen LogP contribution is 2.55. The number of rotatable bonds is 5. The molecule has 0 atom stereocenters. The van der Waals surface area contributed by atoms with E-state index < -0.39 is 0 Å². The minimum absolute atomic E-state index is 1.13. The van der Waals surface area contributed by atoms with Gasteiger partial charge in [0.2, 0.25) is 0 Å². The topological polar surface area (TPSA) is 11.4 Å². The smallest absolute Gasteiger partial charge is 0.0706 e. The van der Waals surface area contributed by atoms with Crippen molar-refractivity contribution in [3.05, 3.63) is 199 Å². The summed E-state index contributed by atoms with van der Waals surface area (Å²) < 4.78 is 2.37. The van der Waals surface area contributed by atoms with E-state index in [1.165, 1.54) is 60.9 Å². The molecule has 3 heteroatoms. The average molecular weight is 680 g/mol. The molecule has 0 bridgehead atoms. The van der Waals surface area contributed by atoms with Crippen LogP contribution in [0.4, 0.5) is 34.1 Å². The molecular weight excluding hydrogens is 643 g/mol. The summed E-state index contributed by atoms with van der Waals surface area (Å²) in [7, 11) is 0. The normalized spacial score (nSPS) is 12.3. The highest BCUT2D eigenvalue weighted by Gasteiger charge is 2.31. The first-order chi connectivity index (χ1) is 26.1. The summed E-state index contributed by atoms with van der Waals surface area (Å²) in [5.74, 6) is 0. The van der Waals surface area contributed by atoms with Crippen LogP contribution in [0.1, 0.15) is 11.1 Å². The number of aromatic nitrogens is 1.